The van der Waals surface area contributed by atoms with E-state index in [0.29, 0.717) is 37.1 Å². The zero-order valence-corrected chi connectivity index (χ0v) is 33.2. The third-order valence-corrected chi connectivity index (χ3v) is 9.98. The molecule has 22 heteroatoms. The lowest BCUT2D eigenvalue weighted by atomic mass is 9.97. The summed E-state index contributed by atoms with van der Waals surface area (Å²) in [6.45, 7) is 4.29. The second-order valence-electron chi connectivity index (χ2n) is 13.6. The molecule has 0 aromatic carbocycles. The molecule has 21 nitrogen and oxygen atoms in total. The number of hydrogen-bond donors (Lipinski definition) is 11. The predicted molar refractivity (Wildman–Crippen MR) is 213 cm³/mol. The smallest absolute Gasteiger partial charge is 0.326 e. The first kappa shape index (κ1) is 47.0. The molecule has 0 unspecified atom stereocenters. The summed E-state index contributed by atoms with van der Waals surface area (Å²) >= 11 is 1.44. The average molecular weight is 809 g/mol. The van der Waals surface area contributed by atoms with Gasteiger partial charge in [0, 0.05) is 37.9 Å². The molecular formula is C34H60N14O7S. The SMILES string of the molecule is CC[C@H](C)[C@H](NC(=O)[C@@H]1CCCN1C(=O)[C@H](Cc1cnc[nH]1)NC(=O)[C@@H](N)CCCN=C(N)N)C(=O)N[C@@H](CCSC)C(=O)N[C@@H](CCCN=C(N)N)C(=O)O. The largest absolute Gasteiger partial charge is 0.480 e. The fourth-order valence-electron chi connectivity index (χ4n) is 6.00. The molecule has 56 heavy (non-hydrogen) atoms. The lowest BCUT2D eigenvalue weighted by Crippen LogP contribution is -2.60. The van der Waals surface area contributed by atoms with Crippen LogP contribution >= 0.6 is 11.8 Å². The molecule has 7 atom stereocenters. The number of carbonyl (C=O) groups is 6. The second kappa shape index (κ2) is 24.4. The van der Waals surface area contributed by atoms with Crippen LogP contribution in [0.5, 0.6) is 0 Å². The zero-order valence-electron chi connectivity index (χ0n) is 32.4. The molecule has 2 heterocycles. The van der Waals surface area contributed by atoms with Crippen LogP contribution in [-0.2, 0) is 35.2 Å². The highest BCUT2D eigenvalue weighted by atomic mass is 32.2. The van der Waals surface area contributed by atoms with Gasteiger partial charge in [0.1, 0.15) is 30.2 Å². The van der Waals surface area contributed by atoms with Gasteiger partial charge in [0.05, 0.1) is 12.4 Å². The Morgan fingerprint density at radius 3 is 2.12 bits per heavy atom. The Labute approximate surface area is 331 Å². The van der Waals surface area contributed by atoms with E-state index in [9.17, 15) is 33.9 Å². The van der Waals surface area contributed by atoms with Crippen LogP contribution in [0.1, 0.15) is 70.9 Å². The average Bonchev–Trinajstić information content (AvgIpc) is 3.86. The van der Waals surface area contributed by atoms with Gasteiger partial charge in [-0.15, -0.1) is 0 Å². The van der Waals surface area contributed by atoms with Crippen LogP contribution in [0.3, 0.4) is 0 Å². The van der Waals surface area contributed by atoms with Crippen LogP contribution in [-0.4, -0.2) is 135 Å². The topological polar surface area (TPSA) is 358 Å². The minimum Gasteiger partial charge on any atom is -0.480 e. The van der Waals surface area contributed by atoms with Crippen LogP contribution < -0.4 is 49.9 Å². The van der Waals surface area contributed by atoms with Crippen molar-refractivity contribution in [3.05, 3.63) is 18.2 Å². The number of H-pyrrole nitrogens is 1. The molecule has 314 valence electrons. The Morgan fingerprint density at radius 1 is 0.929 bits per heavy atom. The molecule has 1 aliphatic rings. The summed E-state index contributed by atoms with van der Waals surface area (Å²) < 4.78 is 0. The zero-order chi connectivity index (χ0) is 41.8. The fraction of sp³-hybridized carbons (Fsp3) is 0.676. The van der Waals surface area contributed by atoms with Crippen molar-refractivity contribution < 1.29 is 33.9 Å². The van der Waals surface area contributed by atoms with E-state index in [-0.39, 0.29) is 63.7 Å². The van der Waals surface area contributed by atoms with Crippen molar-refractivity contribution in [1.29, 1.82) is 0 Å². The number of likely N-dealkylation sites (tertiary alicyclic amines) is 1. The number of nitrogens with one attached hydrogen (secondary N) is 5. The Balaban J connectivity index is 2.22. The van der Waals surface area contributed by atoms with E-state index in [1.165, 1.54) is 29.2 Å². The number of aliphatic carboxylic acids is 1. The predicted octanol–water partition coefficient (Wildman–Crippen LogP) is -2.80. The van der Waals surface area contributed by atoms with Gasteiger partial charge in [0.15, 0.2) is 11.9 Å². The van der Waals surface area contributed by atoms with Crippen molar-refractivity contribution in [3.63, 3.8) is 0 Å². The molecule has 0 saturated carbocycles. The summed E-state index contributed by atoms with van der Waals surface area (Å²) in [5, 5.41) is 20.5. The van der Waals surface area contributed by atoms with E-state index in [2.05, 4.69) is 41.2 Å². The number of imidazole rings is 1. The number of aliphatic imine (C=N–C) groups is 2. The highest BCUT2D eigenvalue weighted by Gasteiger charge is 2.40. The van der Waals surface area contributed by atoms with E-state index < -0.39 is 77.7 Å². The second-order valence-corrected chi connectivity index (χ2v) is 14.6. The number of hydrogen-bond acceptors (Lipinski definition) is 11. The molecule has 0 aliphatic carbocycles. The Morgan fingerprint density at radius 2 is 1.55 bits per heavy atom. The highest BCUT2D eigenvalue weighted by Crippen LogP contribution is 2.21. The normalized spacial score (nSPS) is 16.9. The number of carbonyl (C=O) groups excluding carboxylic acids is 5. The van der Waals surface area contributed by atoms with E-state index >= 15 is 0 Å². The third kappa shape index (κ3) is 15.9. The Bertz CT molecular complexity index is 1500. The van der Waals surface area contributed by atoms with Crippen molar-refractivity contribution in [2.24, 2.45) is 44.6 Å². The minimum absolute atomic E-state index is 0.0448. The minimum atomic E-state index is -1.26. The van der Waals surface area contributed by atoms with Crippen molar-refractivity contribution in [2.45, 2.75) is 108 Å². The van der Waals surface area contributed by atoms with Crippen LogP contribution in [0.2, 0.25) is 0 Å². The van der Waals surface area contributed by atoms with Crippen LogP contribution in [0.15, 0.2) is 22.5 Å². The third-order valence-electron chi connectivity index (χ3n) is 9.33. The Hall–Kier alpha value is -5.12. The lowest BCUT2D eigenvalue weighted by Gasteiger charge is -2.31. The molecular weight excluding hydrogens is 749 g/mol. The van der Waals surface area contributed by atoms with E-state index in [0.717, 1.165) is 0 Å². The summed E-state index contributed by atoms with van der Waals surface area (Å²) in [5.41, 5.74) is 28.1. The van der Waals surface area contributed by atoms with Crippen molar-refractivity contribution in [2.75, 3.05) is 31.6 Å². The van der Waals surface area contributed by atoms with Gasteiger partial charge in [-0.3, -0.25) is 34.0 Å². The fourth-order valence-corrected chi connectivity index (χ4v) is 6.47. The molecule has 1 fully saturated rings. The van der Waals surface area contributed by atoms with Crippen LogP contribution in [0.4, 0.5) is 0 Å². The summed E-state index contributed by atoms with van der Waals surface area (Å²) in [4.78, 5) is 96.4. The number of nitrogens with zero attached hydrogens (tertiary/aromatic N) is 4. The summed E-state index contributed by atoms with van der Waals surface area (Å²) in [5.74, 6) is -4.37. The first-order valence-electron chi connectivity index (χ1n) is 18.7. The summed E-state index contributed by atoms with van der Waals surface area (Å²) in [6.07, 6.45) is 7.32. The molecule has 16 N–H and O–H groups in total. The summed E-state index contributed by atoms with van der Waals surface area (Å²) in [7, 11) is 0. The van der Waals surface area contributed by atoms with Gasteiger partial charge in [0.25, 0.3) is 0 Å². The number of carboxylic acids is 1. The van der Waals surface area contributed by atoms with Gasteiger partial charge in [0.2, 0.25) is 29.5 Å². The molecule has 0 radical (unpaired) electrons. The van der Waals surface area contributed by atoms with E-state index in [1.807, 2.05) is 13.2 Å². The maximum Gasteiger partial charge on any atom is 0.326 e. The molecule has 5 amide bonds. The molecule has 1 aromatic heterocycles. The van der Waals surface area contributed by atoms with Gasteiger partial charge < -0.3 is 64.9 Å². The quantitative estimate of drug-likeness (QED) is 0.0270. The van der Waals surface area contributed by atoms with Gasteiger partial charge in [-0.1, -0.05) is 20.3 Å². The number of amides is 5. The number of carboxylic acid groups (broad SMARTS) is 1. The van der Waals surface area contributed by atoms with Gasteiger partial charge in [-0.05, 0) is 62.9 Å². The monoisotopic (exact) mass is 808 g/mol. The highest BCUT2D eigenvalue weighted by molar-refractivity contribution is 7.98. The van der Waals surface area contributed by atoms with Crippen molar-refractivity contribution in [3.8, 4) is 0 Å². The van der Waals surface area contributed by atoms with Gasteiger partial charge in [-0.2, -0.15) is 11.8 Å². The lowest BCUT2D eigenvalue weighted by molar-refractivity contribution is -0.143. The number of guanidine groups is 2. The van der Waals surface area contributed by atoms with Crippen LogP contribution in [0.25, 0.3) is 0 Å². The van der Waals surface area contributed by atoms with E-state index in [4.69, 9.17) is 28.7 Å². The number of rotatable bonds is 25. The molecule has 2 rings (SSSR count). The van der Waals surface area contributed by atoms with E-state index in [1.54, 1.807) is 6.92 Å². The number of aromatic amines is 1. The molecule has 1 aromatic rings. The summed E-state index contributed by atoms with van der Waals surface area (Å²) in [6, 6.07) is -6.46. The standard InChI is InChI=1S/C34H60N14O7S/c1-4-19(2)26(30(52)44-22(11-15-56-3)28(50)45-23(32(54)55)9-6-13-42-34(38)39)47-29(51)25-10-7-14-48(25)31(53)24(16-20-17-40-18-43-20)46-27(49)21(35)8-5-12-41-33(36)37/h17-19,21-26H,4-16,35H2,1-3H3,(H,40,43)(H,44,52)(H,45,50)(H,46,49)(H,47,51)(H,54,55)(H4,36,37,41)(H4,38,39,42)/t19-,21-,22-,23-,24-,25-,26-/m0/s1. The molecule has 1 saturated heterocycles. The number of nitrogens with two attached hydrogens (primary N) is 5. The van der Waals surface area contributed by atoms with Crippen LogP contribution in [0, 0.1) is 5.92 Å². The molecule has 1 aliphatic heterocycles. The first-order chi connectivity index (χ1) is 26.6. The van der Waals surface area contributed by atoms with Crippen molar-refractivity contribution in [1.82, 2.24) is 36.1 Å². The Kier molecular flexibility index (Phi) is 20.5. The van der Waals surface area contributed by atoms with Gasteiger partial charge >= 0.3 is 5.97 Å². The number of thioether (sulfide) groups is 1. The number of aromatic nitrogens is 2. The molecule has 0 spiro atoms. The maximum atomic E-state index is 14.1. The van der Waals surface area contributed by atoms with Gasteiger partial charge in [-0.25, -0.2) is 9.78 Å². The maximum absolute atomic E-state index is 14.1. The van der Waals surface area contributed by atoms with Crippen molar-refractivity contribution >= 4 is 59.2 Å². The molecule has 0 bridgehead atoms. The first-order valence-corrected chi connectivity index (χ1v) is 20.1.